The van der Waals surface area contributed by atoms with Crippen LogP contribution in [0.25, 0.3) is 21.7 Å². The number of hydrogen-bond acceptors (Lipinski definition) is 13. The summed E-state index contributed by atoms with van der Waals surface area (Å²) in [6.45, 7) is 1.32. The molecule has 1 fully saturated rings. The molecule has 0 unspecified atom stereocenters. The van der Waals surface area contributed by atoms with Gasteiger partial charge in [-0.3, -0.25) is 48.1 Å². The van der Waals surface area contributed by atoms with E-state index >= 15 is 0 Å². The number of aromatic nitrogens is 3. The molecule has 1 saturated heterocycles. The Hall–Kier alpha value is -8.91. The number of nitrogens with two attached hydrogens (primary N) is 3. The van der Waals surface area contributed by atoms with Gasteiger partial charge in [0.05, 0.1) is 6.33 Å². The number of benzene rings is 4. The highest BCUT2D eigenvalue weighted by atomic mass is 33.1. The number of carbonyl (C=O) groups is 9. The van der Waals surface area contributed by atoms with Crippen molar-refractivity contribution in [3.05, 3.63) is 138 Å². The highest BCUT2D eigenvalue weighted by Crippen LogP contribution is 2.24. The molecule has 3 heterocycles. The predicted molar refractivity (Wildman–Crippen MR) is 318 cm³/mol. The zero-order valence-electron chi connectivity index (χ0n) is 45.6. The van der Waals surface area contributed by atoms with E-state index in [1.807, 2.05) is 66.7 Å². The van der Waals surface area contributed by atoms with E-state index in [1.54, 1.807) is 36.5 Å². The van der Waals surface area contributed by atoms with Crippen LogP contribution >= 0.6 is 21.6 Å². The fraction of sp³-hybridized carbons (Fsp3) is 0.351. The molecule has 4 aromatic carbocycles. The Balaban J connectivity index is 1.22. The van der Waals surface area contributed by atoms with Crippen molar-refractivity contribution < 1.29 is 43.2 Å². The molecule has 1 aliphatic heterocycles. The van der Waals surface area contributed by atoms with Crippen LogP contribution in [0.3, 0.4) is 0 Å². The fourth-order valence-corrected chi connectivity index (χ4v) is 11.6. The maximum absolute atomic E-state index is 14.9. The Morgan fingerprint density at radius 2 is 1.36 bits per heavy atom. The van der Waals surface area contributed by atoms with Gasteiger partial charge in [-0.1, -0.05) is 113 Å². The van der Waals surface area contributed by atoms with Gasteiger partial charge in [0, 0.05) is 92.6 Å². The number of H-pyrrole nitrogens is 2. The minimum Gasteiger partial charge on any atom is -0.370 e. The molecule has 24 nitrogen and oxygen atoms in total. The molecule has 16 N–H and O–H groups in total. The molecule has 0 saturated carbocycles. The number of rotatable bonds is 16. The largest absolute Gasteiger partial charge is 0.370 e. The van der Waals surface area contributed by atoms with Gasteiger partial charge in [0.2, 0.25) is 53.2 Å². The van der Waals surface area contributed by atoms with Crippen molar-refractivity contribution in [2.75, 3.05) is 24.6 Å². The quantitative estimate of drug-likeness (QED) is 0.0273. The van der Waals surface area contributed by atoms with E-state index in [4.69, 9.17) is 17.2 Å². The van der Waals surface area contributed by atoms with E-state index in [0.717, 1.165) is 48.8 Å². The minimum absolute atomic E-state index is 0.00852. The van der Waals surface area contributed by atoms with E-state index in [9.17, 15) is 43.2 Å². The lowest BCUT2D eigenvalue weighted by molar-refractivity contribution is -0.135. The lowest BCUT2D eigenvalue weighted by atomic mass is 10.0. The topological polar surface area (TPSA) is 385 Å². The summed E-state index contributed by atoms with van der Waals surface area (Å²) in [6, 6.07) is 20.3. The van der Waals surface area contributed by atoms with Crippen LogP contribution in [0.1, 0.15) is 55.0 Å². The molecule has 0 aliphatic carbocycles. The van der Waals surface area contributed by atoms with Gasteiger partial charge in [-0.25, -0.2) is 4.98 Å². The van der Waals surface area contributed by atoms with Crippen molar-refractivity contribution in [1.82, 2.24) is 57.5 Å². The van der Waals surface area contributed by atoms with Gasteiger partial charge in [0.15, 0.2) is 5.96 Å². The van der Waals surface area contributed by atoms with Crippen LogP contribution in [-0.2, 0) is 68.8 Å². The number of hydrogen-bond donors (Lipinski definition) is 13. The summed E-state index contributed by atoms with van der Waals surface area (Å²) in [6.07, 6.45) is 4.47. The van der Waals surface area contributed by atoms with Gasteiger partial charge >= 0.3 is 0 Å². The smallest absolute Gasteiger partial charge is 0.244 e. The average molecular weight is 1170 g/mol. The number of imidazole rings is 1. The molecule has 7 atom stereocenters. The van der Waals surface area contributed by atoms with Crippen molar-refractivity contribution >= 4 is 102 Å². The summed E-state index contributed by atoms with van der Waals surface area (Å²) in [5.74, 6) is -6.86. The van der Waals surface area contributed by atoms with Crippen molar-refractivity contribution in [2.45, 2.75) is 101 Å². The zero-order chi connectivity index (χ0) is 59.3. The van der Waals surface area contributed by atoms with Crippen molar-refractivity contribution in [3.8, 4) is 0 Å². The van der Waals surface area contributed by atoms with Gasteiger partial charge in [0.1, 0.15) is 42.3 Å². The summed E-state index contributed by atoms with van der Waals surface area (Å²) in [5.41, 5.74) is 20.2. The number of aromatic amines is 2. The highest BCUT2D eigenvalue weighted by Gasteiger charge is 2.35. The molecular formula is C57H69N15O9S2. The molecule has 7 rings (SSSR count). The van der Waals surface area contributed by atoms with Crippen LogP contribution in [0.2, 0.25) is 0 Å². The maximum atomic E-state index is 14.9. The molecule has 83 heavy (non-hydrogen) atoms. The van der Waals surface area contributed by atoms with Gasteiger partial charge in [0.25, 0.3) is 0 Å². The van der Waals surface area contributed by atoms with Gasteiger partial charge in [-0.2, -0.15) is 0 Å². The van der Waals surface area contributed by atoms with Crippen LogP contribution < -0.4 is 59.7 Å². The second-order valence-electron chi connectivity index (χ2n) is 19.9. The summed E-state index contributed by atoms with van der Waals surface area (Å²) in [5, 5.41) is 24.8. The predicted octanol–water partition coefficient (Wildman–Crippen LogP) is 0.559. The standard InChI is InChI=1S/C57H69N15O9S2/c1-33(73)66-43(25-35-19-20-36-13-5-6-14-37(36)23-35)53(78)72-48-31-83-82-30-47(50(58)75)67-49(74)18-10-21-62-51(76)45(26-38-28-64-41-16-8-7-15-40(38)41)70-52(77)42(17-9-22-63-57(59)60)68-54(79)44(24-34-11-3-2-4-12-34)69-55(80)46(71-56(48)81)27-39-29-61-32-65-39/h2-8,11-16,19-20,23,28-29,32,42-48,64H,9-10,17-18,21-22,24-27,30-31H2,1H3,(H2,58,75)(H,61,65)(H,62,76)(H,66,73)(H,67,74)(H,68,79)(H,69,80)(H,70,77)(H,71,81)(H,72,78)(H4,59,60,63)/t42-,43-,44+,45-,46-,47-,48-/m0/s1. The van der Waals surface area contributed by atoms with Crippen LogP contribution in [0.15, 0.2) is 121 Å². The number of nitrogens with one attached hydrogen (secondary N) is 10. The third kappa shape index (κ3) is 19.1. The number of aliphatic imine (C=N–C) groups is 1. The fourth-order valence-electron chi connectivity index (χ4n) is 9.26. The third-order valence-corrected chi connectivity index (χ3v) is 16.0. The Morgan fingerprint density at radius 1 is 0.699 bits per heavy atom. The Morgan fingerprint density at radius 3 is 2.08 bits per heavy atom. The van der Waals surface area contributed by atoms with Crippen molar-refractivity contribution in [2.24, 2.45) is 22.2 Å². The van der Waals surface area contributed by atoms with Crippen LogP contribution in [0.4, 0.5) is 0 Å². The number of carbonyl (C=O) groups excluding carboxylic acids is 9. The Labute approximate surface area is 486 Å². The number of amides is 9. The number of nitrogens with zero attached hydrogens (tertiary/aromatic N) is 2. The van der Waals surface area contributed by atoms with Crippen molar-refractivity contribution in [1.29, 1.82) is 0 Å². The summed E-state index contributed by atoms with van der Waals surface area (Å²) < 4.78 is 0. The number of fused-ring (bicyclic) bond motifs is 2. The molecule has 9 amide bonds. The van der Waals surface area contributed by atoms with Crippen LogP contribution in [0, 0.1) is 0 Å². The molecule has 2 aromatic heterocycles. The number of primary amides is 1. The van der Waals surface area contributed by atoms with Gasteiger partial charge in [-0.05, 0) is 52.8 Å². The molecule has 6 aromatic rings. The first-order valence-electron chi connectivity index (χ1n) is 27.0. The number of guanidine groups is 1. The highest BCUT2D eigenvalue weighted by molar-refractivity contribution is 8.76. The van der Waals surface area contributed by atoms with Crippen LogP contribution in [-0.4, -0.2) is 141 Å². The van der Waals surface area contributed by atoms with E-state index < -0.39 is 95.5 Å². The molecule has 26 heteroatoms. The van der Waals surface area contributed by atoms with E-state index in [-0.39, 0.29) is 81.9 Å². The van der Waals surface area contributed by atoms with E-state index in [0.29, 0.717) is 16.8 Å². The lowest BCUT2D eigenvalue weighted by Gasteiger charge is -2.28. The van der Waals surface area contributed by atoms with Crippen LogP contribution in [0.5, 0.6) is 0 Å². The maximum Gasteiger partial charge on any atom is 0.244 e. The minimum atomic E-state index is -1.44. The monoisotopic (exact) mass is 1170 g/mol. The number of para-hydroxylation sites is 1. The summed E-state index contributed by atoms with van der Waals surface area (Å²) in [4.78, 5) is 141. The van der Waals surface area contributed by atoms with Gasteiger partial charge < -0.3 is 69.7 Å². The first-order valence-corrected chi connectivity index (χ1v) is 29.5. The molecule has 0 spiro atoms. The molecule has 1 aliphatic rings. The lowest BCUT2D eigenvalue weighted by Crippen LogP contribution is -2.61. The third-order valence-electron chi connectivity index (χ3n) is 13.5. The van der Waals surface area contributed by atoms with Gasteiger partial charge in [-0.15, -0.1) is 0 Å². The first-order chi connectivity index (χ1) is 40.0. The van der Waals surface area contributed by atoms with Crippen molar-refractivity contribution in [3.63, 3.8) is 0 Å². The van der Waals surface area contributed by atoms with E-state index in [1.165, 1.54) is 19.4 Å². The second-order valence-corrected chi connectivity index (χ2v) is 22.5. The summed E-state index contributed by atoms with van der Waals surface area (Å²) in [7, 11) is 2.14. The normalized spacial score (nSPS) is 20.6. The second kappa shape index (κ2) is 30.8. The Kier molecular flexibility index (Phi) is 22.9. The first kappa shape index (κ1) is 61.7. The SMILES string of the molecule is CC(=O)N[C@@H](Cc1ccc2ccccc2c1)C(=O)N[C@H]1CSSC[C@@H](C(N)=O)NC(=O)CCCNC(=O)[C@H](Cc2c[nH]c3ccccc23)NC(=O)[C@H](CCCN=C(N)N)NC(=O)[C@@H](Cc2ccccc2)NC(=O)[C@H](Cc2cnc[nH]2)NC1=O. The summed E-state index contributed by atoms with van der Waals surface area (Å²) >= 11 is 0. The molecule has 0 radical (unpaired) electrons. The molecule has 438 valence electrons. The van der Waals surface area contributed by atoms with E-state index in [2.05, 4.69) is 62.5 Å². The zero-order valence-corrected chi connectivity index (χ0v) is 47.2. The average Bonchev–Trinajstić information content (AvgIpc) is 4.40. The molecule has 0 bridgehead atoms. The molecular weight excluding hydrogens is 1100 g/mol. The Bertz CT molecular complexity index is 3270.